The predicted octanol–water partition coefficient (Wildman–Crippen LogP) is 2.98. The Balaban J connectivity index is 2.00. The first-order valence-corrected chi connectivity index (χ1v) is 8.01. The Morgan fingerprint density at radius 2 is 1.88 bits per heavy atom. The number of carbonyl (C=O) groups is 1. The van der Waals surface area contributed by atoms with Gasteiger partial charge < -0.3 is 15.5 Å². The molecule has 2 aromatic rings. The van der Waals surface area contributed by atoms with Gasteiger partial charge in [-0.05, 0) is 38.1 Å². The lowest BCUT2D eigenvalue weighted by Crippen LogP contribution is -2.24. The van der Waals surface area contributed by atoms with Crippen LogP contribution in [0.2, 0.25) is 0 Å². The van der Waals surface area contributed by atoms with E-state index in [1.54, 1.807) is 12.3 Å². The summed E-state index contributed by atoms with van der Waals surface area (Å²) < 4.78 is 0. The van der Waals surface area contributed by atoms with Gasteiger partial charge in [0.2, 0.25) is 0 Å². The quantitative estimate of drug-likeness (QED) is 0.730. The van der Waals surface area contributed by atoms with Crippen LogP contribution in [-0.2, 0) is 0 Å². The van der Waals surface area contributed by atoms with E-state index >= 15 is 0 Å². The number of hydrogen-bond acceptors (Lipinski definition) is 5. The van der Waals surface area contributed by atoms with Gasteiger partial charge in [-0.3, -0.25) is 4.79 Å². The minimum absolute atomic E-state index is 0.266. The van der Waals surface area contributed by atoms with Crippen LogP contribution in [0, 0.1) is 0 Å². The van der Waals surface area contributed by atoms with Crippen LogP contribution in [0.4, 0.5) is 17.2 Å². The van der Waals surface area contributed by atoms with Gasteiger partial charge in [0.15, 0.2) is 0 Å². The van der Waals surface area contributed by atoms with Crippen LogP contribution in [0.3, 0.4) is 0 Å². The predicted molar refractivity (Wildman–Crippen MR) is 97.8 cm³/mol. The third-order valence-corrected chi connectivity index (χ3v) is 3.56. The molecular weight excluding hydrogens is 302 g/mol. The molecule has 0 unspecified atom stereocenters. The maximum Gasteiger partial charge on any atom is 0.271 e. The van der Waals surface area contributed by atoms with Crippen LogP contribution in [0.1, 0.15) is 24.3 Å². The average molecular weight is 325 g/mol. The van der Waals surface area contributed by atoms with Crippen molar-refractivity contribution >= 4 is 23.1 Å². The average Bonchev–Trinajstić information content (AvgIpc) is 2.62. The van der Waals surface area contributed by atoms with Crippen molar-refractivity contribution in [1.82, 2.24) is 15.3 Å². The van der Waals surface area contributed by atoms with Gasteiger partial charge in [-0.15, -0.1) is 6.58 Å². The number of carbonyl (C=O) groups excluding carboxylic acids is 1. The first-order chi connectivity index (χ1) is 11.7. The monoisotopic (exact) mass is 325 g/mol. The molecule has 24 heavy (non-hydrogen) atoms. The van der Waals surface area contributed by atoms with Crippen LogP contribution >= 0.6 is 0 Å². The molecule has 1 aromatic carbocycles. The molecule has 0 radical (unpaired) electrons. The van der Waals surface area contributed by atoms with Crippen molar-refractivity contribution in [2.24, 2.45) is 0 Å². The second kappa shape index (κ2) is 8.67. The summed E-state index contributed by atoms with van der Waals surface area (Å²) in [5.74, 6) is 0.323. The topological polar surface area (TPSA) is 70.2 Å². The second-order valence-electron chi connectivity index (χ2n) is 5.13. The Labute approximate surface area is 142 Å². The zero-order chi connectivity index (χ0) is 17.4. The molecule has 0 aliphatic rings. The molecule has 126 valence electrons. The summed E-state index contributed by atoms with van der Waals surface area (Å²) in [5, 5.41) is 5.84. The molecule has 2 N–H and O–H groups in total. The molecule has 0 atom stereocenters. The highest BCUT2D eigenvalue weighted by atomic mass is 16.1. The Morgan fingerprint density at radius 1 is 1.17 bits per heavy atom. The van der Waals surface area contributed by atoms with E-state index in [2.05, 4.69) is 58.1 Å². The maximum absolute atomic E-state index is 11.7. The fraction of sp³-hybridized carbons (Fsp3) is 0.278. The van der Waals surface area contributed by atoms with E-state index in [1.165, 1.54) is 11.9 Å². The van der Waals surface area contributed by atoms with Crippen molar-refractivity contribution in [3.05, 3.63) is 55.0 Å². The molecule has 0 spiro atoms. The standard InChI is InChI=1S/C18H23N5O/c1-4-11-19-18(24)16-12-21-17(13-20-16)22-14-7-9-15(10-8-14)23(5-2)6-3/h4,7-10,12-13H,1,5-6,11H2,2-3H3,(H,19,24)(H,21,22). The van der Waals surface area contributed by atoms with Gasteiger partial charge in [0, 0.05) is 31.0 Å². The summed E-state index contributed by atoms with van der Waals surface area (Å²) in [6.45, 7) is 10.2. The first-order valence-electron chi connectivity index (χ1n) is 8.01. The van der Waals surface area contributed by atoms with Crippen molar-refractivity contribution in [2.45, 2.75) is 13.8 Å². The fourth-order valence-electron chi connectivity index (χ4n) is 2.26. The molecule has 0 aliphatic carbocycles. The highest BCUT2D eigenvalue weighted by Gasteiger charge is 2.07. The molecule has 1 amide bonds. The highest BCUT2D eigenvalue weighted by molar-refractivity contribution is 5.92. The van der Waals surface area contributed by atoms with Gasteiger partial charge in [-0.2, -0.15) is 0 Å². The minimum atomic E-state index is -0.266. The Morgan fingerprint density at radius 3 is 2.42 bits per heavy atom. The third kappa shape index (κ3) is 4.55. The van der Waals surface area contributed by atoms with Crippen LogP contribution in [-0.4, -0.2) is 35.5 Å². The van der Waals surface area contributed by atoms with Gasteiger partial charge in [0.05, 0.1) is 12.4 Å². The summed E-state index contributed by atoms with van der Waals surface area (Å²) >= 11 is 0. The molecule has 0 fully saturated rings. The number of aromatic nitrogens is 2. The van der Waals surface area contributed by atoms with E-state index in [0.29, 0.717) is 12.4 Å². The summed E-state index contributed by atoms with van der Waals surface area (Å²) in [4.78, 5) is 22.4. The molecule has 2 rings (SSSR count). The third-order valence-electron chi connectivity index (χ3n) is 3.56. The van der Waals surface area contributed by atoms with Gasteiger partial charge in [0.1, 0.15) is 11.5 Å². The number of amides is 1. The van der Waals surface area contributed by atoms with Crippen LogP contribution in [0.5, 0.6) is 0 Å². The van der Waals surface area contributed by atoms with E-state index in [4.69, 9.17) is 0 Å². The van der Waals surface area contributed by atoms with Gasteiger partial charge in [-0.25, -0.2) is 9.97 Å². The molecule has 0 aliphatic heterocycles. The van der Waals surface area contributed by atoms with E-state index in [0.717, 1.165) is 18.8 Å². The molecule has 0 saturated carbocycles. The molecule has 6 heteroatoms. The molecule has 1 aromatic heterocycles. The zero-order valence-corrected chi connectivity index (χ0v) is 14.1. The van der Waals surface area contributed by atoms with Crippen molar-refractivity contribution in [1.29, 1.82) is 0 Å². The number of rotatable bonds is 8. The maximum atomic E-state index is 11.7. The van der Waals surface area contributed by atoms with E-state index in [9.17, 15) is 4.79 Å². The van der Waals surface area contributed by atoms with Crippen LogP contribution in [0.15, 0.2) is 49.3 Å². The normalized spacial score (nSPS) is 10.1. The molecule has 6 nitrogen and oxygen atoms in total. The number of hydrogen-bond donors (Lipinski definition) is 2. The highest BCUT2D eigenvalue weighted by Crippen LogP contribution is 2.19. The summed E-state index contributed by atoms with van der Waals surface area (Å²) in [7, 11) is 0. The SMILES string of the molecule is C=CCNC(=O)c1cnc(Nc2ccc(N(CC)CC)cc2)cn1. The lowest BCUT2D eigenvalue weighted by Gasteiger charge is -2.21. The van der Waals surface area contributed by atoms with E-state index < -0.39 is 0 Å². The molecule has 1 heterocycles. The summed E-state index contributed by atoms with van der Waals surface area (Å²) in [6.07, 6.45) is 4.61. The Kier molecular flexibility index (Phi) is 6.31. The van der Waals surface area contributed by atoms with Crippen molar-refractivity contribution in [3.63, 3.8) is 0 Å². The number of anilines is 3. The zero-order valence-electron chi connectivity index (χ0n) is 14.1. The van der Waals surface area contributed by atoms with Crippen molar-refractivity contribution < 1.29 is 4.79 Å². The fourth-order valence-corrected chi connectivity index (χ4v) is 2.26. The lowest BCUT2D eigenvalue weighted by atomic mass is 10.2. The Bertz CT molecular complexity index is 663. The van der Waals surface area contributed by atoms with E-state index in [-0.39, 0.29) is 11.6 Å². The Hall–Kier alpha value is -2.89. The van der Waals surface area contributed by atoms with Crippen molar-refractivity contribution in [3.8, 4) is 0 Å². The number of nitrogens with zero attached hydrogens (tertiary/aromatic N) is 3. The van der Waals surface area contributed by atoms with Crippen molar-refractivity contribution in [2.75, 3.05) is 29.9 Å². The van der Waals surface area contributed by atoms with Crippen LogP contribution in [0.25, 0.3) is 0 Å². The van der Waals surface area contributed by atoms with E-state index in [1.807, 2.05) is 12.1 Å². The summed E-state index contributed by atoms with van der Waals surface area (Å²) in [6, 6.07) is 8.14. The second-order valence-corrected chi connectivity index (χ2v) is 5.13. The molecule has 0 bridgehead atoms. The summed E-state index contributed by atoms with van der Waals surface area (Å²) in [5.41, 5.74) is 2.38. The van der Waals surface area contributed by atoms with Gasteiger partial charge in [-0.1, -0.05) is 6.08 Å². The van der Waals surface area contributed by atoms with Gasteiger partial charge >= 0.3 is 0 Å². The molecule has 0 saturated heterocycles. The largest absolute Gasteiger partial charge is 0.372 e. The minimum Gasteiger partial charge on any atom is -0.372 e. The van der Waals surface area contributed by atoms with Gasteiger partial charge in [0.25, 0.3) is 5.91 Å². The number of benzene rings is 1. The molecular formula is C18H23N5O. The lowest BCUT2D eigenvalue weighted by molar-refractivity contribution is 0.0952. The smallest absolute Gasteiger partial charge is 0.271 e. The number of nitrogens with one attached hydrogen (secondary N) is 2. The van der Waals surface area contributed by atoms with Crippen LogP contribution < -0.4 is 15.5 Å². The first kappa shape index (κ1) is 17.5.